The summed E-state index contributed by atoms with van der Waals surface area (Å²) >= 11 is 0. The number of aromatic nitrogens is 4. The van der Waals surface area contributed by atoms with Gasteiger partial charge in [0.15, 0.2) is 0 Å². The molecule has 3 rings (SSSR count). The van der Waals surface area contributed by atoms with E-state index in [1.165, 1.54) is 29.9 Å². The second kappa shape index (κ2) is 6.92. The molecule has 0 fully saturated rings. The van der Waals surface area contributed by atoms with Gasteiger partial charge in [-0.1, -0.05) is 6.07 Å². The number of amides is 1. The number of pyridine rings is 1. The molecule has 7 nitrogen and oxygen atoms in total. The van der Waals surface area contributed by atoms with Crippen LogP contribution in [0.3, 0.4) is 0 Å². The number of halogens is 2. The Morgan fingerprint density at radius 1 is 1.22 bits per heavy atom. The summed E-state index contributed by atoms with van der Waals surface area (Å²) in [4.78, 5) is 19.9. The zero-order valence-corrected chi connectivity index (χ0v) is 14.4. The van der Waals surface area contributed by atoms with Crippen LogP contribution >= 0.6 is 0 Å². The molecule has 0 radical (unpaired) electrons. The van der Waals surface area contributed by atoms with Gasteiger partial charge in [0.1, 0.15) is 11.5 Å². The van der Waals surface area contributed by atoms with E-state index < -0.39 is 17.5 Å². The third kappa shape index (κ3) is 3.50. The van der Waals surface area contributed by atoms with Gasteiger partial charge in [0, 0.05) is 6.20 Å². The van der Waals surface area contributed by atoms with E-state index in [-0.39, 0.29) is 17.3 Å². The molecule has 0 spiro atoms. The van der Waals surface area contributed by atoms with Crippen LogP contribution in [0.15, 0.2) is 42.6 Å². The summed E-state index contributed by atoms with van der Waals surface area (Å²) in [6.07, 6.45) is 1.20. The molecule has 1 N–H and O–H groups in total. The Balaban J connectivity index is 1.93. The average Bonchev–Trinajstić information content (AvgIpc) is 3.02. The van der Waals surface area contributed by atoms with E-state index in [1.807, 2.05) is 6.07 Å². The number of benzene rings is 1. The van der Waals surface area contributed by atoms with Crippen molar-refractivity contribution >= 4 is 11.9 Å². The lowest BCUT2D eigenvalue weighted by Crippen LogP contribution is -2.34. The number of carbonyl (C=O) groups excluding carboxylic acids is 1. The van der Waals surface area contributed by atoms with Gasteiger partial charge < -0.3 is 0 Å². The zero-order valence-electron chi connectivity index (χ0n) is 14.4. The van der Waals surface area contributed by atoms with Gasteiger partial charge in [0.25, 0.3) is 0 Å². The van der Waals surface area contributed by atoms with Gasteiger partial charge in [-0.15, -0.1) is 5.10 Å². The largest absolute Gasteiger partial charge is 0.366 e. The van der Waals surface area contributed by atoms with E-state index in [4.69, 9.17) is 5.26 Å². The van der Waals surface area contributed by atoms with Gasteiger partial charge in [-0.2, -0.15) is 23.7 Å². The number of nitrogens with zero attached hydrogens (tertiary/aromatic N) is 5. The monoisotopic (exact) mass is 368 g/mol. The number of anilines is 1. The summed E-state index contributed by atoms with van der Waals surface area (Å²) in [6.45, 7) is 3.02. The molecule has 0 saturated heterocycles. The molecule has 1 amide bonds. The molecule has 9 heteroatoms. The molecule has 0 atom stereocenters. The van der Waals surface area contributed by atoms with Crippen molar-refractivity contribution in [3.8, 4) is 11.8 Å². The summed E-state index contributed by atoms with van der Waals surface area (Å²) in [6, 6.07) is 11.2. The van der Waals surface area contributed by atoms with E-state index in [0.717, 1.165) is 0 Å². The van der Waals surface area contributed by atoms with Crippen molar-refractivity contribution in [3.05, 3.63) is 65.2 Å². The number of carbonyl (C=O) groups is 1. The molecule has 1 aromatic carbocycles. The van der Waals surface area contributed by atoms with Crippen LogP contribution in [0.1, 0.15) is 22.6 Å². The topological polar surface area (TPSA) is 96.5 Å². The van der Waals surface area contributed by atoms with Crippen molar-refractivity contribution in [1.82, 2.24) is 19.7 Å². The lowest BCUT2D eigenvalue weighted by atomic mass is 10.1. The average molecular weight is 368 g/mol. The molecule has 0 aliphatic heterocycles. The summed E-state index contributed by atoms with van der Waals surface area (Å²) < 4.78 is 30.4. The van der Waals surface area contributed by atoms with E-state index in [9.17, 15) is 13.6 Å². The van der Waals surface area contributed by atoms with Crippen LogP contribution in [0.2, 0.25) is 0 Å². The normalized spacial score (nSPS) is 11.1. The van der Waals surface area contributed by atoms with Crippen LogP contribution in [0.4, 0.5) is 14.7 Å². The molecule has 27 heavy (non-hydrogen) atoms. The molecule has 0 saturated carbocycles. The highest BCUT2D eigenvalue weighted by molar-refractivity contribution is 5.95. The van der Waals surface area contributed by atoms with Crippen LogP contribution < -0.4 is 5.32 Å². The maximum absolute atomic E-state index is 14.6. The van der Waals surface area contributed by atoms with E-state index in [0.29, 0.717) is 11.3 Å². The third-order valence-corrected chi connectivity index (χ3v) is 3.77. The molecule has 0 aliphatic carbocycles. The van der Waals surface area contributed by atoms with E-state index >= 15 is 0 Å². The first kappa shape index (κ1) is 18.1. The molecule has 0 bridgehead atoms. The molecular weight excluding hydrogens is 354 g/mol. The van der Waals surface area contributed by atoms with Gasteiger partial charge in [-0.25, -0.2) is 0 Å². The number of hydrogen-bond acceptors (Lipinski definition) is 5. The Morgan fingerprint density at radius 2 is 1.93 bits per heavy atom. The first-order valence-electron chi connectivity index (χ1n) is 7.88. The molecule has 2 heterocycles. The lowest BCUT2D eigenvalue weighted by Gasteiger charge is -2.17. The number of rotatable bonds is 4. The van der Waals surface area contributed by atoms with Crippen LogP contribution in [0.25, 0.3) is 5.69 Å². The SMILES string of the molecule is Cc1nc(NC(=O)C(F)(F)c2ncccc2C)n(-c2ccc(C#N)cc2)n1. The standard InChI is InChI=1S/C18H14F2N6O/c1-11-4-3-9-22-15(11)18(19,20)16(27)24-17-23-12(2)25-26(17)14-7-5-13(10-21)6-8-14/h3-9H,1-2H3,(H,23,24,25,27). The van der Waals surface area contributed by atoms with Crippen LogP contribution in [0.5, 0.6) is 0 Å². The fraction of sp³-hybridized carbons (Fsp3) is 0.167. The van der Waals surface area contributed by atoms with Crippen molar-refractivity contribution in [2.45, 2.75) is 19.8 Å². The number of nitrogens with one attached hydrogen (secondary N) is 1. The maximum atomic E-state index is 14.6. The maximum Gasteiger partial charge on any atom is 0.366 e. The van der Waals surface area contributed by atoms with Crippen molar-refractivity contribution in [2.24, 2.45) is 0 Å². The predicted molar refractivity (Wildman–Crippen MR) is 92.3 cm³/mol. The molecule has 2 aromatic heterocycles. The minimum atomic E-state index is -3.85. The van der Waals surface area contributed by atoms with Gasteiger partial charge in [-0.05, 0) is 49.7 Å². The summed E-state index contributed by atoms with van der Waals surface area (Å²) in [5, 5.41) is 15.1. The smallest absolute Gasteiger partial charge is 0.289 e. The summed E-state index contributed by atoms with van der Waals surface area (Å²) in [7, 11) is 0. The predicted octanol–water partition coefficient (Wildman–Crippen LogP) is 2.88. The van der Waals surface area contributed by atoms with E-state index in [2.05, 4.69) is 20.4 Å². The van der Waals surface area contributed by atoms with Crippen LogP contribution in [0, 0.1) is 25.2 Å². The second-order valence-corrected chi connectivity index (χ2v) is 5.75. The van der Waals surface area contributed by atoms with Crippen molar-refractivity contribution in [3.63, 3.8) is 0 Å². The van der Waals surface area contributed by atoms with Crippen molar-refractivity contribution < 1.29 is 13.6 Å². The Hall–Kier alpha value is -3.67. The van der Waals surface area contributed by atoms with Gasteiger partial charge >= 0.3 is 11.8 Å². The second-order valence-electron chi connectivity index (χ2n) is 5.75. The van der Waals surface area contributed by atoms with Crippen molar-refractivity contribution in [1.29, 1.82) is 5.26 Å². The molecule has 3 aromatic rings. The fourth-order valence-electron chi connectivity index (χ4n) is 2.46. The van der Waals surface area contributed by atoms with E-state index in [1.54, 1.807) is 31.2 Å². The quantitative estimate of drug-likeness (QED) is 0.764. The van der Waals surface area contributed by atoms with Crippen LogP contribution in [-0.2, 0) is 10.7 Å². The Kier molecular flexibility index (Phi) is 4.64. The lowest BCUT2D eigenvalue weighted by molar-refractivity contribution is -0.141. The molecule has 0 aliphatic rings. The number of hydrogen-bond donors (Lipinski definition) is 1. The minimum absolute atomic E-state index is 0.157. The summed E-state index contributed by atoms with van der Waals surface area (Å²) in [5.74, 6) is -5.28. The van der Waals surface area contributed by atoms with Gasteiger partial charge in [0.2, 0.25) is 5.95 Å². The highest BCUT2D eigenvalue weighted by Gasteiger charge is 2.44. The Morgan fingerprint density at radius 3 is 2.56 bits per heavy atom. The summed E-state index contributed by atoms with van der Waals surface area (Å²) in [5.41, 5.74) is 0.464. The zero-order chi connectivity index (χ0) is 19.6. The number of alkyl halides is 2. The molecular formula is C18H14F2N6O. The van der Waals surface area contributed by atoms with Crippen molar-refractivity contribution in [2.75, 3.05) is 5.32 Å². The van der Waals surface area contributed by atoms with Gasteiger partial charge in [-0.3, -0.25) is 15.1 Å². The first-order valence-corrected chi connectivity index (χ1v) is 7.88. The third-order valence-electron chi connectivity index (χ3n) is 3.77. The molecule has 0 unspecified atom stereocenters. The number of aryl methyl sites for hydroxylation is 2. The first-order chi connectivity index (χ1) is 12.8. The minimum Gasteiger partial charge on any atom is -0.289 e. The molecule has 136 valence electrons. The van der Waals surface area contributed by atoms with Crippen LogP contribution in [-0.4, -0.2) is 25.7 Å². The fourth-order valence-corrected chi connectivity index (χ4v) is 2.46. The Bertz CT molecular complexity index is 1040. The highest BCUT2D eigenvalue weighted by Crippen LogP contribution is 2.30. The van der Waals surface area contributed by atoms with Gasteiger partial charge in [0.05, 0.1) is 17.3 Å². The highest BCUT2D eigenvalue weighted by atomic mass is 19.3. The number of nitriles is 1. The Labute approximate surface area is 153 Å².